The summed E-state index contributed by atoms with van der Waals surface area (Å²) in [4.78, 5) is 9.97. The Bertz CT molecular complexity index is 4120. The Kier molecular flexibility index (Phi) is 15.0. The van der Waals surface area contributed by atoms with Crippen molar-refractivity contribution in [1.82, 2.24) is 9.55 Å². The van der Waals surface area contributed by atoms with Crippen molar-refractivity contribution in [3.8, 4) is 5.82 Å². The number of rotatable bonds is 11. The first-order valence-electron chi connectivity index (χ1n) is 29.5. The summed E-state index contributed by atoms with van der Waals surface area (Å²) in [7, 11) is 0. The maximum Gasteiger partial charge on any atom is 0.135 e. The van der Waals surface area contributed by atoms with Gasteiger partial charge in [0.2, 0.25) is 0 Å². The molecule has 0 atom stereocenters. The van der Waals surface area contributed by atoms with Gasteiger partial charge in [0.15, 0.2) is 0 Å². The number of hydrogen-bond donors (Lipinski definition) is 0. The molecule has 0 fully saturated rings. The van der Waals surface area contributed by atoms with Crippen LogP contribution in [-0.2, 0) is 53.6 Å². The fourth-order valence-electron chi connectivity index (χ4n) is 12.5. The maximum atomic E-state index is 5.29. The molecule has 426 valence electrons. The summed E-state index contributed by atoms with van der Waals surface area (Å²) in [6, 6.07) is 89.1. The summed E-state index contributed by atoms with van der Waals surface area (Å²) in [6.07, 6.45) is 1.99. The Hall–Kier alpha value is -7.78. The minimum atomic E-state index is -0.884. The SMILES string of the molecule is CC(C)(C)c1cc(N2[CH-]N(c3[c-]c(C(c4[c-]c5c(cc4)c4cc(C(C)(C)c6ccccc6)ccc4n5-c4cc(C(C)(C)c5cccc(C(C)(C)C)c5)ccn4)(c4ccccc4)c4ccccc4)ccc3)c3ccccc32)cc(C(C)(C)C)c1.[Pt]. The molecule has 11 aromatic rings. The molecule has 5 heteroatoms. The zero-order chi connectivity index (χ0) is 58.3. The molecule has 84 heavy (non-hydrogen) atoms. The van der Waals surface area contributed by atoms with Crippen LogP contribution in [0.2, 0.25) is 0 Å². The first-order chi connectivity index (χ1) is 39.5. The molecule has 0 saturated heterocycles. The number of para-hydroxylation sites is 2. The second-order valence-corrected chi connectivity index (χ2v) is 27.1. The standard InChI is InChI=1S/C79H77N4.Pt/c1-74(2,3)57-33-25-34-58(45-57)78(12,13)60-43-44-80-73(52-60)83-69-42-40-59(77(10,11)54-27-17-14-18-28-54)50-68(69)67-41-39-62(51-72(67)83)79(55-29-19-15-20-30-55,56-31-21-16-22-32-56)61-35-26-36-65(47-61)81-53-82(71-38-24-23-37-70(71)81)66-48-63(75(4,5)6)46-64(49-66)76(7,8)9;/h14-46,48-50,52-53H,1-13H3;/q-3;. The number of pyridine rings is 1. The summed E-state index contributed by atoms with van der Waals surface area (Å²) >= 11 is 0. The van der Waals surface area contributed by atoms with Crippen molar-refractivity contribution in [3.05, 3.63) is 305 Å². The molecule has 2 aromatic heterocycles. The number of fused-ring (bicyclic) bond motifs is 4. The first-order valence-corrected chi connectivity index (χ1v) is 29.5. The van der Waals surface area contributed by atoms with E-state index in [1.807, 2.05) is 6.20 Å². The summed E-state index contributed by atoms with van der Waals surface area (Å²) in [6.45, 7) is 32.3. The van der Waals surface area contributed by atoms with Gasteiger partial charge in [0.05, 0.1) is 0 Å². The van der Waals surface area contributed by atoms with Crippen molar-refractivity contribution in [1.29, 1.82) is 0 Å². The van der Waals surface area contributed by atoms with E-state index in [-0.39, 0.29) is 48.1 Å². The second-order valence-electron chi connectivity index (χ2n) is 27.1. The van der Waals surface area contributed by atoms with Gasteiger partial charge in [-0.15, -0.1) is 28.9 Å². The van der Waals surface area contributed by atoms with Crippen LogP contribution >= 0.6 is 0 Å². The fraction of sp³-hybridized carbons (Fsp3) is 0.241. The number of nitrogens with zero attached hydrogens (tertiary/aromatic N) is 4. The van der Waals surface area contributed by atoms with Crippen LogP contribution in [0.1, 0.15) is 151 Å². The van der Waals surface area contributed by atoms with Gasteiger partial charge in [-0.1, -0.05) is 241 Å². The van der Waals surface area contributed by atoms with Crippen LogP contribution < -0.4 is 9.80 Å². The van der Waals surface area contributed by atoms with Crippen molar-refractivity contribution in [2.24, 2.45) is 0 Å². The monoisotopic (exact) mass is 1280 g/mol. The van der Waals surface area contributed by atoms with E-state index in [4.69, 9.17) is 4.98 Å². The quantitative estimate of drug-likeness (QED) is 0.0953. The van der Waals surface area contributed by atoms with E-state index < -0.39 is 5.41 Å². The van der Waals surface area contributed by atoms with E-state index >= 15 is 0 Å². The van der Waals surface area contributed by atoms with Gasteiger partial charge in [0, 0.05) is 66.1 Å². The molecule has 1 aliphatic heterocycles. The van der Waals surface area contributed by atoms with Gasteiger partial charge in [-0.3, -0.25) is 0 Å². The fourth-order valence-corrected chi connectivity index (χ4v) is 12.5. The van der Waals surface area contributed by atoms with Gasteiger partial charge in [0.25, 0.3) is 0 Å². The number of anilines is 4. The normalized spacial score (nSPS) is 13.3. The zero-order valence-electron chi connectivity index (χ0n) is 51.0. The van der Waals surface area contributed by atoms with Crippen LogP contribution in [0.4, 0.5) is 22.7 Å². The molecule has 0 N–H and O–H groups in total. The van der Waals surface area contributed by atoms with Gasteiger partial charge in [-0.25, -0.2) is 4.98 Å². The third-order valence-electron chi connectivity index (χ3n) is 17.9. The Labute approximate surface area is 514 Å². The molecule has 0 radical (unpaired) electrons. The molecule has 4 nitrogen and oxygen atoms in total. The maximum absolute atomic E-state index is 5.29. The Morgan fingerprint density at radius 1 is 0.369 bits per heavy atom. The van der Waals surface area contributed by atoms with Crippen molar-refractivity contribution >= 4 is 44.6 Å². The van der Waals surface area contributed by atoms with E-state index in [0.717, 1.165) is 72.6 Å². The predicted octanol–water partition coefficient (Wildman–Crippen LogP) is 20.1. The molecule has 9 aromatic carbocycles. The predicted molar refractivity (Wildman–Crippen MR) is 349 cm³/mol. The van der Waals surface area contributed by atoms with Gasteiger partial charge >= 0.3 is 0 Å². The summed E-state index contributed by atoms with van der Waals surface area (Å²) in [5.41, 5.74) is 18.0. The molecule has 0 unspecified atom stereocenters. The van der Waals surface area contributed by atoms with E-state index in [0.29, 0.717) is 0 Å². The van der Waals surface area contributed by atoms with Gasteiger partial charge in [0.1, 0.15) is 5.82 Å². The van der Waals surface area contributed by atoms with Crippen LogP contribution in [0.5, 0.6) is 0 Å². The summed E-state index contributed by atoms with van der Waals surface area (Å²) < 4.78 is 2.37. The smallest absolute Gasteiger partial charge is 0.135 e. The van der Waals surface area contributed by atoms with E-state index in [1.54, 1.807) is 0 Å². The molecule has 0 saturated carbocycles. The van der Waals surface area contributed by atoms with Gasteiger partial charge in [-0.2, -0.15) is 42.5 Å². The van der Waals surface area contributed by atoms with E-state index in [2.05, 4.69) is 342 Å². The largest absolute Gasteiger partial charge is 0.493 e. The van der Waals surface area contributed by atoms with E-state index in [9.17, 15) is 0 Å². The number of benzene rings is 9. The third-order valence-corrected chi connectivity index (χ3v) is 17.9. The van der Waals surface area contributed by atoms with Crippen molar-refractivity contribution in [2.45, 2.75) is 122 Å². The van der Waals surface area contributed by atoms with Crippen LogP contribution in [0.3, 0.4) is 0 Å². The number of hydrogen-bond acceptors (Lipinski definition) is 3. The number of aromatic nitrogens is 2. The Morgan fingerprint density at radius 2 is 0.857 bits per heavy atom. The van der Waals surface area contributed by atoms with Gasteiger partial charge in [-0.05, 0) is 114 Å². The van der Waals surface area contributed by atoms with Crippen LogP contribution in [0, 0.1) is 18.8 Å². The van der Waals surface area contributed by atoms with Crippen molar-refractivity contribution in [2.75, 3.05) is 9.80 Å². The van der Waals surface area contributed by atoms with Crippen molar-refractivity contribution in [3.63, 3.8) is 0 Å². The van der Waals surface area contributed by atoms with Crippen LogP contribution in [-0.4, -0.2) is 9.55 Å². The third kappa shape index (κ3) is 10.2. The average Bonchev–Trinajstić information content (AvgIpc) is 1.68. The van der Waals surface area contributed by atoms with Crippen LogP contribution in [0.25, 0.3) is 27.6 Å². The first kappa shape index (κ1) is 58.0. The topological polar surface area (TPSA) is 24.3 Å². The molecule has 0 spiro atoms. The zero-order valence-corrected chi connectivity index (χ0v) is 53.3. The van der Waals surface area contributed by atoms with E-state index in [1.165, 1.54) is 38.9 Å². The molecular formula is C79H77N4Pt-3. The average molecular weight is 1280 g/mol. The minimum Gasteiger partial charge on any atom is -0.493 e. The van der Waals surface area contributed by atoms with Crippen molar-refractivity contribution < 1.29 is 21.1 Å². The molecular weight excluding hydrogens is 1200 g/mol. The molecule has 0 bridgehead atoms. The molecule has 0 aliphatic carbocycles. The van der Waals surface area contributed by atoms with Gasteiger partial charge < -0.3 is 14.4 Å². The Balaban J connectivity index is 0.00000736. The molecule has 3 heterocycles. The summed E-state index contributed by atoms with van der Waals surface area (Å²) in [5.74, 6) is 0.847. The minimum absolute atomic E-state index is 0. The molecule has 1 aliphatic rings. The molecule has 12 rings (SSSR count). The molecule has 0 amide bonds. The second kappa shape index (κ2) is 21.7. The van der Waals surface area contributed by atoms with Crippen LogP contribution in [0.15, 0.2) is 225 Å². The summed E-state index contributed by atoms with van der Waals surface area (Å²) in [5, 5.41) is 2.27. The Morgan fingerprint density at radius 3 is 1.46 bits per heavy atom.